The zero-order valence-electron chi connectivity index (χ0n) is 19.8. The summed E-state index contributed by atoms with van der Waals surface area (Å²) in [6, 6.07) is 22.5. The number of anilines is 3. The number of nitrogen functional groups attached to an aromatic ring is 1. The van der Waals surface area contributed by atoms with E-state index in [1.165, 1.54) is 0 Å². The molecule has 0 bridgehead atoms. The zero-order chi connectivity index (χ0) is 25.2. The van der Waals surface area contributed by atoms with Gasteiger partial charge in [-0.1, -0.05) is 48.5 Å². The van der Waals surface area contributed by atoms with E-state index in [2.05, 4.69) is 21.0 Å². The van der Waals surface area contributed by atoms with Crippen LogP contribution in [0.2, 0.25) is 0 Å². The number of aryl methyl sites for hydroxylation is 1. The lowest BCUT2D eigenvalue weighted by Gasteiger charge is -2.10. The van der Waals surface area contributed by atoms with Crippen molar-refractivity contribution in [2.24, 2.45) is 0 Å². The van der Waals surface area contributed by atoms with Gasteiger partial charge in [-0.15, -0.1) is 11.3 Å². The van der Waals surface area contributed by atoms with Crippen LogP contribution >= 0.6 is 11.3 Å². The number of carbonyl (C=O) groups is 2. The Labute approximate surface area is 212 Å². The van der Waals surface area contributed by atoms with E-state index in [4.69, 9.17) is 5.73 Å². The fourth-order valence-corrected chi connectivity index (χ4v) is 5.24. The highest BCUT2D eigenvalue weighted by atomic mass is 32.1. The summed E-state index contributed by atoms with van der Waals surface area (Å²) in [4.78, 5) is 28.5. The second-order valence-electron chi connectivity index (χ2n) is 8.57. The number of thiophene rings is 1. The predicted molar refractivity (Wildman–Crippen MR) is 149 cm³/mol. The number of nitrogens with zero attached hydrogens (tertiary/aromatic N) is 1. The van der Waals surface area contributed by atoms with Crippen LogP contribution < -0.4 is 16.4 Å². The summed E-state index contributed by atoms with van der Waals surface area (Å²) < 4.78 is 1.04. The number of urea groups is 1. The summed E-state index contributed by atoms with van der Waals surface area (Å²) in [6.07, 6.45) is 1.78. The van der Waals surface area contributed by atoms with Gasteiger partial charge in [0.1, 0.15) is 5.82 Å². The van der Waals surface area contributed by atoms with E-state index >= 15 is 0 Å². The lowest BCUT2D eigenvalue weighted by Crippen LogP contribution is -2.19. The number of benzene rings is 3. The standard InChI is InChI=1S/C29H24N4O2S/c1-17-4-3-5-23(14-17)33-29(35)32-22-12-10-21(11-13-22)25-16-36-27-24(15-31-28(30)26(25)27)20-8-6-19(7-9-20)18(2)34/h3-16H,1-2H3,(H2,30,31)(H2,32,33,35). The minimum Gasteiger partial charge on any atom is -0.383 e. The fraction of sp³-hybridized carbons (Fsp3) is 0.0690. The van der Waals surface area contributed by atoms with Crippen molar-refractivity contribution in [2.45, 2.75) is 13.8 Å². The number of nitrogens with two attached hydrogens (primary N) is 1. The molecule has 2 amide bonds. The van der Waals surface area contributed by atoms with E-state index in [0.29, 0.717) is 17.1 Å². The van der Waals surface area contributed by atoms with E-state index < -0.39 is 0 Å². The quantitative estimate of drug-likeness (QED) is 0.223. The average molecular weight is 493 g/mol. The summed E-state index contributed by atoms with van der Waals surface area (Å²) in [7, 11) is 0. The number of Topliss-reactive ketones (excluding diaryl/α,β-unsaturated/α-hetero) is 1. The van der Waals surface area contributed by atoms with Crippen LogP contribution in [0.4, 0.5) is 22.0 Å². The van der Waals surface area contributed by atoms with Gasteiger partial charge in [-0.25, -0.2) is 9.78 Å². The molecule has 0 aliphatic rings. The molecule has 5 rings (SSSR count). The van der Waals surface area contributed by atoms with Gasteiger partial charge in [0.15, 0.2) is 5.78 Å². The lowest BCUT2D eigenvalue weighted by molar-refractivity contribution is 0.101. The molecule has 5 aromatic rings. The maximum atomic E-state index is 12.4. The molecule has 178 valence electrons. The second kappa shape index (κ2) is 9.64. The molecule has 0 aliphatic carbocycles. The van der Waals surface area contributed by atoms with E-state index in [-0.39, 0.29) is 11.8 Å². The van der Waals surface area contributed by atoms with E-state index in [1.54, 1.807) is 24.5 Å². The zero-order valence-corrected chi connectivity index (χ0v) is 20.6. The molecule has 0 atom stereocenters. The van der Waals surface area contributed by atoms with Crippen molar-refractivity contribution in [3.8, 4) is 22.3 Å². The number of hydrogen-bond donors (Lipinski definition) is 3. The Balaban J connectivity index is 1.40. The van der Waals surface area contributed by atoms with Crippen molar-refractivity contribution in [2.75, 3.05) is 16.4 Å². The van der Waals surface area contributed by atoms with Crippen LogP contribution in [0.25, 0.3) is 32.3 Å². The molecule has 0 saturated heterocycles. The number of ketones is 1. The van der Waals surface area contributed by atoms with E-state index in [9.17, 15) is 9.59 Å². The minimum atomic E-state index is -0.303. The summed E-state index contributed by atoms with van der Waals surface area (Å²) in [6.45, 7) is 3.53. The van der Waals surface area contributed by atoms with Crippen molar-refractivity contribution in [1.82, 2.24) is 4.98 Å². The van der Waals surface area contributed by atoms with Gasteiger partial charge in [0.25, 0.3) is 0 Å². The van der Waals surface area contributed by atoms with Crippen molar-refractivity contribution < 1.29 is 9.59 Å². The van der Waals surface area contributed by atoms with Gasteiger partial charge >= 0.3 is 6.03 Å². The summed E-state index contributed by atoms with van der Waals surface area (Å²) in [5, 5.41) is 8.68. The third kappa shape index (κ3) is 4.69. The maximum Gasteiger partial charge on any atom is 0.323 e. The van der Waals surface area contributed by atoms with Gasteiger partial charge in [0.2, 0.25) is 0 Å². The maximum absolute atomic E-state index is 12.4. The fourth-order valence-electron chi connectivity index (χ4n) is 4.12. The highest BCUT2D eigenvalue weighted by molar-refractivity contribution is 7.18. The van der Waals surface area contributed by atoms with Crippen LogP contribution in [-0.2, 0) is 0 Å². The highest BCUT2D eigenvalue weighted by Gasteiger charge is 2.15. The largest absolute Gasteiger partial charge is 0.383 e. The Kier molecular flexibility index (Phi) is 6.23. The number of nitrogens with one attached hydrogen (secondary N) is 2. The van der Waals surface area contributed by atoms with Crippen LogP contribution in [0.5, 0.6) is 0 Å². The molecule has 2 aromatic heterocycles. The second-order valence-corrected chi connectivity index (χ2v) is 9.45. The summed E-state index contributed by atoms with van der Waals surface area (Å²) in [5.41, 5.74) is 13.4. The molecule has 4 N–H and O–H groups in total. The number of hydrogen-bond acceptors (Lipinski definition) is 5. The molecule has 2 heterocycles. The number of aromatic nitrogens is 1. The number of fused-ring (bicyclic) bond motifs is 1. The number of pyridine rings is 1. The van der Waals surface area contributed by atoms with Crippen LogP contribution in [0, 0.1) is 6.92 Å². The van der Waals surface area contributed by atoms with E-state index in [1.807, 2.05) is 79.7 Å². The first-order chi connectivity index (χ1) is 17.4. The number of carbonyl (C=O) groups excluding carboxylic acids is 2. The van der Waals surface area contributed by atoms with Crippen molar-refractivity contribution in [3.05, 3.63) is 95.5 Å². The average Bonchev–Trinajstić information content (AvgIpc) is 3.31. The van der Waals surface area contributed by atoms with Gasteiger partial charge in [-0.2, -0.15) is 0 Å². The third-order valence-electron chi connectivity index (χ3n) is 5.96. The van der Waals surface area contributed by atoms with Crippen LogP contribution in [0.3, 0.4) is 0 Å². The molecular weight excluding hydrogens is 468 g/mol. The van der Waals surface area contributed by atoms with Crippen molar-refractivity contribution in [3.63, 3.8) is 0 Å². The molecule has 0 fully saturated rings. The normalized spacial score (nSPS) is 10.8. The summed E-state index contributed by atoms with van der Waals surface area (Å²) >= 11 is 1.61. The first kappa shape index (κ1) is 23.3. The first-order valence-corrected chi connectivity index (χ1v) is 12.3. The SMILES string of the molecule is CC(=O)c1ccc(-c2cnc(N)c3c(-c4ccc(NC(=O)Nc5cccc(C)c5)cc4)csc23)cc1. The molecule has 0 radical (unpaired) electrons. The highest BCUT2D eigenvalue weighted by Crippen LogP contribution is 2.41. The monoisotopic (exact) mass is 492 g/mol. The smallest absolute Gasteiger partial charge is 0.323 e. The predicted octanol–water partition coefficient (Wildman–Crippen LogP) is 7.37. The van der Waals surface area contributed by atoms with Gasteiger partial charge in [-0.3, -0.25) is 4.79 Å². The van der Waals surface area contributed by atoms with Gasteiger partial charge in [-0.05, 0) is 60.2 Å². The molecule has 36 heavy (non-hydrogen) atoms. The minimum absolute atomic E-state index is 0.0334. The molecule has 0 aliphatic heterocycles. The Morgan fingerprint density at radius 2 is 1.53 bits per heavy atom. The number of amides is 2. The Morgan fingerprint density at radius 3 is 2.22 bits per heavy atom. The molecule has 0 saturated carbocycles. The molecule has 6 nitrogen and oxygen atoms in total. The van der Waals surface area contributed by atoms with Gasteiger partial charge in [0.05, 0.1) is 0 Å². The van der Waals surface area contributed by atoms with Crippen LogP contribution in [0.1, 0.15) is 22.8 Å². The number of rotatable bonds is 5. The van der Waals surface area contributed by atoms with Crippen molar-refractivity contribution in [1.29, 1.82) is 0 Å². The van der Waals surface area contributed by atoms with Gasteiger partial charge < -0.3 is 16.4 Å². The first-order valence-electron chi connectivity index (χ1n) is 11.4. The molecular formula is C29H24N4O2S. The Morgan fingerprint density at radius 1 is 0.861 bits per heavy atom. The van der Waals surface area contributed by atoms with Crippen LogP contribution in [-0.4, -0.2) is 16.8 Å². The van der Waals surface area contributed by atoms with E-state index in [0.717, 1.165) is 43.6 Å². The molecule has 7 heteroatoms. The molecule has 0 spiro atoms. The molecule has 0 unspecified atom stereocenters. The topological polar surface area (TPSA) is 97.1 Å². The lowest BCUT2D eigenvalue weighted by atomic mass is 10.00. The Bertz CT molecular complexity index is 1590. The molecule has 3 aromatic carbocycles. The Hall–Kier alpha value is -4.49. The summed E-state index contributed by atoms with van der Waals surface area (Å²) in [5.74, 6) is 0.496. The van der Waals surface area contributed by atoms with Crippen LogP contribution in [0.15, 0.2) is 84.4 Å². The van der Waals surface area contributed by atoms with Crippen molar-refractivity contribution >= 4 is 50.4 Å². The van der Waals surface area contributed by atoms with Gasteiger partial charge in [0, 0.05) is 44.3 Å². The third-order valence-corrected chi connectivity index (χ3v) is 6.97.